The van der Waals surface area contributed by atoms with Crippen LogP contribution < -0.4 is 5.32 Å². The van der Waals surface area contributed by atoms with Gasteiger partial charge in [-0.3, -0.25) is 4.98 Å². The quantitative estimate of drug-likeness (QED) is 0.790. The minimum Gasteiger partial charge on any atom is -0.306 e. The molecule has 96 valence electrons. The Kier molecular flexibility index (Phi) is 3.87. The number of rotatable bonds is 4. The highest BCUT2D eigenvalue weighted by Crippen LogP contribution is 2.22. The Morgan fingerprint density at radius 2 is 1.95 bits per heavy atom. The first-order valence-corrected chi connectivity index (χ1v) is 7.63. The average Bonchev–Trinajstić information content (AvgIpc) is 2.84. The normalized spacial score (nSPS) is 11.0. The molecule has 19 heavy (non-hydrogen) atoms. The zero-order valence-corrected chi connectivity index (χ0v) is 12.5. The van der Waals surface area contributed by atoms with Crippen LogP contribution in [0.25, 0.3) is 11.0 Å². The summed E-state index contributed by atoms with van der Waals surface area (Å²) in [6.07, 6.45) is 1.83. The summed E-state index contributed by atoms with van der Waals surface area (Å²) >= 11 is 5.27. The molecule has 2 aromatic heterocycles. The van der Waals surface area contributed by atoms with Crippen LogP contribution in [-0.2, 0) is 13.1 Å². The van der Waals surface area contributed by atoms with Gasteiger partial charge in [0, 0.05) is 22.4 Å². The van der Waals surface area contributed by atoms with E-state index in [0.29, 0.717) is 0 Å². The second-order valence-corrected chi connectivity index (χ2v) is 6.00. The van der Waals surface area contributed by atoms with E-state index in [1.165, 1.54) is 4.88 Å². The molecular formula is C14H12BrN3S. The fraction of sp³-hybridized carbons (Fsp3) is 0.143. The maximum absolute atomic E-state index is 4.58. The van der Waals surface area contributed by atoms with Crippen LogP contribution in [0.1, 0.15) is 10.6 Å². The standard InChI is InChI=1S/C14H12BrN3S/c15-11-5-6-19-14(11)9-16-7-10-8-17-12-3-1-2-4-13(12)18-10/h1-6,8,16H,7,9H2. The minimum atomic E-state index is 0.724. The summed E-state index contributed by atoms with van der Waals surface area (Å²) in [6.45, 7) is 1.56. The molecule has 0 aliphatic heterocycles. The van der Waals surface area contributed by atoms with Gasteiger partial charge in [-0.1, -0.05) is 12.1 Å². The molecule has 0 unspecified atom stereocenters. The van der Waals surface area contributed by atoms with E-state index >= 15 is 0 Å². The zero-order chi connectivity index (χ0) is 13.1. The molecule has 3 aromatic rings. The number of para-hydroxylation sites is 2. The molecule has 3 rings (SSSR count). The Bertz CT molecular complexity index is 696. The van der Waals surface area contributed by atoms with Crippen molar-refractivity contribution in [2.24, 2.45) is 0 Å². The van der Waals surface area contributed by atoms with Gasteiger partial charge >= 0.3 is 0 Å². The predicted molar refractivity (Wildman–Crippen MR) is 82.1 cm³/mol. The van der Waals surface area contributed by atoms with Crippen molar-refractivity contribution in [1.29, 1.82) is 0 Å². The smallest absolute Gasteiger partial charge is 0.0890 e. The van der Waals surface area contributed by atoms with Crippen molar-refractivity contribution >= 4 is 38.3 Å². The summed E-state index contributed by atoms with van der Waals surface area (Å²) in [5.74, 6) is 0. The molecule has 2 heterocycles. The van der Waals surface area contributed by atoms with Crippen molar-refractivity contribution in [2.45, 2.75) is 13.1 Å². The van der Waals surface area contributed by atoms with E-state index in [4.69, 9.17) is 0 Å². The number of benzene rings is 1. The number of aromatic nitrogens is 2. The lowest BCUT2D eigenvalue weighted by Gasteiger charge is -2.04. The minimum absolute atomic E-state index is 0.724. The number of hydrogen-bond acceptors (Lipinski definition) is 4. The fourth-order valence-electron chi connectivity index (χ4n) is 1.84. The Morgan fingerprint density at radius 3 is 2.74 bits per heavy atom. The highest BCUT2D eigenvalue weighted by atomic mass is 79.9. The second-order valence-electron chi connectivity index (χ2n) is 4.15. The van der Waals surface area contributed by atoms with Crippen LogP contribution in [0.15, 0.2) is 46.4 Å². The van der Waals surface area contributed by atoms with Crippen molar-refractivity contribution in [3.05, 3.63) is 57.0 Å². The molecule has 0 aliphatic carbocycles. The van der Waals surface area contributed by atoms with Gasteiger partial charge in [0.25, 0.3) is 0 Å². The number of fused-ring (bicyclic) bond motifs is 1. The van der Waals surface area contributed by atoms with E-state index < -0.39 is 0 Å². The largest absolute Gasteiger partial charge is 0.306 e. The molecule has 0 spiro atoms. The highest BCUT2D eigenvalue weighted by molar-refractivity contribution is 9.10. The van der Waals surface area contributed by atoms with Gasteiger partial charge in [0.15, 0.2) is 0 Å². The van der Waals surface area contributed by atoms with Crippen LogP contribution >= 0.6 is 27.3 Å². The molecule has 1 aromatic carbocycles. The maximum atomic E-state index is 4.58. The summed E-state index contributed by atoms with van der Waals surface area (Å²) in [4.78, 5) is 10.3. The van der Waals surface area contributed by atoms with Gasteiger partial charge in [0.2, 0.25) is 0 Å². The summed E-state index contributed by atoms with van der Waals surface area (Å²) in [5, 5.41) is 5.47. The Labute approximate surface area is 123 Å². The topological polar surface area (TPSA) is 37.8 Å². The Hall–Kier alpha value is -1.30. The van der Waals surface area contributed by atoms with Gasteiger partial charge in [0.1, 0.15) is 0 Å². The van der Waals surface area contributed by atoms with Crippen LogP contribution in [0.5, 0.6) is 0 Å². The first kappa shape index (κ1) is 12.7. The average molecular weight is 334 g/mol. The summed E-state index contributed by atoms with van der Waals surface area (Å²) in [6, 6.07) is 9.99. The number of halogens is 1. The van der Waals surface area contributed by atoms with Crippen molar-refractivity contribution < 1.29 is 0 Å². The lowest BCUT2D eigenvalue weighted by molar-refractivity contribution is 0.685. The molecule has 0 saturated carbocycles. The Morgan fingerprint density at radius 1 is 1.11 bits per heavy atom. The molecule has 3 nitrogen and oxygen atoms in total. The predicted octanol–water partition coefficient (Wildman–Crippen LogP) is 3.74. The third-order valence-electron chi connectivity index (χ3n) is 2.78. The van der Waals surface area contributed by atoms with E-state index in [1.54, 1.807) is 11.3 Å². The summed E-state index contributed by atoms with van der Waals surface area (Å²) < 4.78 is 1.16. The lowest BCUT2D eigenvalue weighted by atomic mass is 10.3. The maximum Gasteiger partial charge on any atom is 0.0890 e. The first-order valence-electron chi connectivity index (χ1n) is 5.96. The third-order valence-corrected chi connectivity index (χ3v) is 4.71. The van der Waals surface area contributed by atoms with E-state index in [1.807, 2.05) is 30.5 Å². The molecule has 0 bridgehead atoms. The highest BCUT2D eigenvalue weighted by Gasteiger charge is 2.02. The third kappa shape index (κ3) is 3.00. The molecule has 0 amide bonds. The number of hydrogen-bond donors (Lipinski definition) is 1. The van der Waals surface area contributed by atoms with Gasteiger partial charge in [-0.25, -0.2) is 4.98 Å². The van der Waals surface area contributed by atoms with Gasteiger partial charge < -0.3 is 5.32 Å². The van der Waals surface area contributed by atoms with Crippen molar-refractivity contribution in [2.75, 3.05) is 0 Å². The van der Waals surface area contributed by atoms with E-state index in [-0.39, 0.29) is 0 Å². The molecular weight excluding hydrogens is 322 g/mol. The fourth-order valence-corrected chi connectivity index (χ4v) is 3.30. The van der Waals surface area contributed by atoms with Crippen LogP contribution in [0.4, 0.5) is 0 Å². The monoisotopic (exact) mass is 333 g/mol. The van der Waals surface area contributed by atoms with Gasteiger partial charge in [-0.05, 0) is 39.5 Å². The first-order chi connectivity index (χ1) is 9.33. The molecule has 0 atom stereocenters. The van der Waals surface area contributed by atoms with Crippen LogP contribution in [0.2, 0.25) is 0 Å². The van der Waals surface area contributed by atoms with E-state index in [9.17, 15) is 0 Å². The molecule has 0 saturated heterocycles. The van der Waals surface area contributed by atoms with Crippen molar-refractivity contribution in [3.63, 3.8) is 0 Å². The number of nitrogens with zero attached hydrogens (tertiary/aromatic N) is 2. The van der Waals surface area contributed by atoms with Gasteiger partial charge in [0.05, 0.1) is 22.9 Å². The summed E-state index contributed by atoms with van der Waals surface area (Å²) in [5.41, 5.74) is 2.85. The second kappa shape index (κ2) is 5.77. The van der Waals surface area contributed by atoms with Crippen molar-refractivity contribution in [1.82, 2.24) is 15.3 Å². The number of nitrogens with one attached hydrogen (secondary N) is 1. The molecule has 0 radical (unpaired) electrons. The molecule has 5 heteroatoms. The zero-order valence-electron chi connectivity index (χ0n) is 10.1. The van der Waals surface area contributed by atoms with Crippen LogP contribution in [0, 0.1) is 0 Å². The molecule has 0 aliphatic rings. The van der Waals surface area contributed by atoms with Gasteiger partial charge in [-0.15, -0.1) is 11.3 Å². The lowest BCUT2D eigenvalue weighted by Crippen LogP contribution is -2.13. The SMILES string of the molecule is Brc1ccsc1CNCc1cnc2ccccc2n1. The van der Waals surface area contributed by atoms with E-state index in [2.05, 4.69) is 42.7 Å². The van der Waals surface area contributed by atoms with E-state index in [0.717, 1.165) is 34.3 Å². The Balaban J connectivity index is 1.67. The van der Waals surface area contributed by atoms with Crippen molar-refractivity contribution in [3.8, 4) is 0 Å². The molecule has 1 N–H and O–H groups in total. The van der Waals surface area contributed by atoms with Crippen LogP contribution in [-0.4, -0.2) is 9.97 Å². The molecule has 0 fully saturated rings. The summed E-state index contributed by atoms with van der Waals surface area (Å²) in [7, 11) is 0. The van der Waals surface area contributed by atoms with Crippen LogP contribution in [0.3, 0.4) is 0 Å². The van der Waals surface area contributed by atoms with Gasteiger partial charge in [-0.2, -0.15) is 0 Å². The number of thiophene rings is 1.